The largest absolute Gasteiger partial charge is 0.497 e. The van der Waals surface area contributed by atoms with Crippen molar-refractivity contribution < 1.29 is 14.3 Å². The van der Waals surface area contributed by atoms with Crippen molar-refractivity contribution in [3.8, 4) is 11.5 Å². The molecule has 2 unspecified atom stereocenters. The highest BCUT2D eigenvalue weighted by atomic mass is 35.5. The molecule has 1 N–H and O–H groups in total. The van der Waals surface area contributed by atoms with Gasteiger partial charge in [0, 0.05) is 19.1 Å². The Kier molecular flexibility index (Phi) is 7.48. The standard InChI is InChI=1S/C16H24N2O3.ClH/c1-12(21-15-8-6-14(20-3)7-9-15)16(19)18-10-4-5-13(18)11-17-2;/h6-9,12-13,17H,4-5,10-11H2,1-3H3;1H. The molecule has 0 bridgehead atoms. The van der Waals surface area contributed by atoms with Gasteiger partial charge in [-0.2, -0.15) is 0 Å². The van der Waals surface area contributed by atoms with Crippen LogP contribution in [0.5, 0.6) is 11.5 Å². The lowest BCUT2D eigenvalue weighted by molar-refractivity contribution is -0.138. The smallest absolute Gasteiger partial charge is 0.263 e. The molecule has 1 aromatic rings. The van der Waals surface area contributed by atoms with Crippen LogP contribution >= 0.6 is 12.4 Å². The number of likely N-dealkylation sites (tertiary alicyclic amines) is 1. The molecule has 1 fully saturated rings. The number of nitrogens with one attached hydrogen (secondary N) is 1. The van der Waals surface area contributed by atoms with Gasteiger partial charge < -0.3 is 19.7 Å². The Morgan fingerprint density at radius 3 is 2.59 bits per heavy atom. The minimum absolute atomic E-state index is 0. The molecule has 1 amide bonds. The Hall–Kier alpha value is -1.46. The van der Waals surface area contributed by atoms with Crippen LogP contribution in [0.2, 0.25) is 0 Å². The molecular formula is C16H25ClN2O3. The molecular weight excluding hydrogens is 304 g/mol. The number of hydrogen-bond donors (Lipinski definition) is 1. The summed E-state index contributed by atoms with van der Waals surface area (Å²) in [6.07, 6.45) is 1.64. The van der Waals surface area contributed by atoms with E-state index >= 15 is 0 Å². The molecule has 1 aliphatic rings. The first-order valence-electron chi connectivity index (χ1n) is 7.41. The van der Waals surface area contributed by atoms with Crippen LogP contribution in [0.15, 0.2) is 24.3 Å². The summed E-state index contributed by atoms with van der Waals surface area (Å²) in [6, 6.07) is 7.57. The van der Waals surface area contributed by atoms with Crippen molar-refractivity contribution in [3.63, 3.8) is 0 Å². The lowest BCUT2D eigenvalue weighted by Gasteiger charge is -2.27. The topological polar surface area (TPSA) is 50.8 Å². The van der Waals surface area contributed by atoms with E-state index in [0.29, 0.717) is 5.75 Å². The molecule has 5 nitrogen and oxygen atoms in total. The van der Waals surface area contributed by atoms with Crippen LogP contribution in [0.4, 0.5) is 0 Å². The summed E-state index contributed by atoms with van der Waals surface area (Å²) < 4.78 is 10.9. The van der Waals surface area contributed by atoms with E-state index in [4.69, 9.17) is 9.47 Å². The van der Waals surface area contributed by atoms with Crippen molar-refractivity contribution in [2.45, 2.75) is 31.9 Å². The van der Waals surface area contributed by atoms with Gasteiger partial charge >= 0.3 is 0 Å². The summed E-state index contributed by atoms with van der Waals surface area (Å²) >= 11 is 0. The number of likely N-dealkylation sites (N-methyl/N-ethyl adjacent to an activating group) is 1. The van der Waals surface area contributed by atoms with Crippen molar-refractivity contribution >= 4 is 18.3 Å². The molecule has 124 valence electrons. The summed E-state index contributed by atoms with van der Waals surface area (Å²) in [5.74, 6) is 1.51. The minimum Gasteiger partial charge on any atom is -0.497 e. The van der Waals surface area contributed by atoms with Crippen molar-refractivity contribution in [1.82, 2.24) is 10.2 Å². The Morgan fingerprint density at radius 1 is 1.36 bits per heavy atom. The van der Waals surface area contributed by atoms with Gasteiger partial charge in [0.05, 0.1) is 7.11 Å². The third-order valence-electron chi connectivity index (χ3n) is 3.82. The van der Waals surface area contributed by atoms with Crippen LogP contribution in [-0.2, 0) is 4.79 Å². The Balaban J connectivity index is 0.00000242. The Morgan fingerprint density at radius 2 is 2.00 bits per heavy atom. The summed E-state index contributed by atoms with van der Waals surface area (Å²) in [4.78, 5) is 14.4. The van der Waals surface area contributed by atoms with Gasteiger partial charge in [-0.3, -0.25) is 4.79 Å². The second-order valence-corrected chi connectivity index (χ2v) is 5.32. The fraction of sp³-hybridized carbons (Fsp3) is 0.562. The van der Waals surface area contributed by atoms with Crippen LogP contribution in [0, 0.1) is 0 Å². The number of nitrogens with zero attached hydrogens (tertiary/aromatic N) is 1. The van der Waals surface area contributed by atoms with Crippen LogP contribution in [0.3, 0.4) is 0 Å². The van der Waals surface area contributed by atoms with Crippen molar-refractivity contribution in [3.05, 3.63) is 24.3 Å². The molecule has 2 rings (SSSR count). The normalized spacial score (nSPS) is 18.5. The first kappa shape index (κ1) is 18.6. The van der Waals surface area contributed by atoms with Crippen molar-refractivity contribution in [2.24, 2.45) is 0 Å². The first-order chi connectivity index (χ1) is 10.2. The molecule has 0 spiro atoms. The molecule has 22 heavy (non-hydrogen) atoms. The van der Waals surface area contributed by atoms with Crippen molar-refractivity contribution in [1.29, 1.82) is 0 Å². The average Bonchev–Trinajstić information content (AvgIpc) is 2.96. The average molecular weight is 329 g/mol. The lowest BCUT2D eigenvalue weighted by Crippen LogP contribution is -2.46. The van der Waals surface area contributed by atoms with Crippen LogP contribution in [0.1, 0.15) is 19.8 Å². The van der Waals surface area contributed by atoms with Gasteiger partial charge in [0.2, 0.25) is 0 Å². The van der Waals surface area contributed by atoms with Gasteiger partial charge in [-0.1, -0.05) is 0 Å². The molecule has 1 saturated heterocycles. The molecule has 1 aliphatic heterocycles. The first-order valence-corrected chi connectivity index (χ1v) is 7.41. The zero-order valence-electron chi connectivity index (χ0n) is 13.4. The Labute approximate surface area is 138 Å². The number of carbonyl (C=O) groups is 1. The second-order valence-electron chi connectivity index (χ2n) is 5.32. The summed E-state index contributed by atoms with van der Waals surface area (Å²) in [6.45, 7) is 3.46. The lowest BCUT2D eigenvalue weighted by atomic mass is 10.2. The maximum absolute atomic E-state index is 12.5. The number of halogens is 1. The third-order valence-corrected chi connectivity index (χ3v) is 3.82. The maximum Gasteiger partial charge on any atom is 0.263 e. The number of methoxy groups -OCH3 is 1. The van der Waals surface area contributed by atoms with E-state index < -0.39 is 6.10 Å². The second kappa shape index (κ2) is 8.86. The predicted octanol–water partition coefficient (Wildman–Crippen LogP) is 2.09. The van der Waals surface area contributed by atoms with E-state index in [-0.39, 0.29) is 24.4 Å². The van der Waals surface area contributed by atoms with Crippen LogP contribution in [0.25, 0.3) is 0 Å². The highest BCUT2D eigenvalue weighted by Gasteiger charge is 2.31. The molecule has 6 heteroatoms. The molecule has 0 aromatic heterocycles. The van der Waals surface area contributed by atoms with Crippen molar-refractivity contribution in [2.75, 3.05) is 27.2 Å². The Bertz CT molecular complexity index is 467. The SMILES string of the molecule is CNCC1CCCN1C(=O)C(C)Oc1ccc(OC)cc1.Cl. The molecule has 1 heterocycles. The van der Waals surface area contributed by atoms with Crippen LogP contribution < -0.4 is 14.8 Å². The van der Waals surface area contributed by atoms with E-state index in [0.717, 1.165) is 31.7 Å². The summed E-state index contributed by atoms with van der Waals surface area (Å²) in [5, 5.41) is 3.15. The third kappa shape index (κ3) is 4.52. The molecule has 0 aliphatic carbocycles. The van der Waals surface area contributed by atoms with E-state index in [1.54, 1.807) is 14.0 Å². The number of hydrogen-bond acceptors (Lipinski definition) is 4. The molecule has 0 saturated carbocycles. The highest BCUT2D eigenvalue weighted by Crippen LogP contribution is 2.21. The van der Waals surface area contributed by atoms with Gasteiger partial charge in [0.15, 0.2) is 6.10 Å². The van der Waals surface area contributed by atoms with E-state index in [9.17, 15) is 4.79 Å². The number of amides is 1. The van der Waals surface area contributed by atoms with E-state index in [1.807, 2.05) is 36.2 Å². The zero-order valence-corrected chi connectivity index (χ0v) is 14.2. The van der Waals surface area contributed by atoms with Crippen LogP contribution in [-0.4, -0.2) is 50.2 Å². The highest BCUT2D eigenvalue weighted by molar-refractivity contribution is 5.85. The van der Waals surface area contributed by atoms with Gasteiger partial charge in [-0.25, -0.2) is 0 Å². The van der Waals surface area contributed by atoms with E-state index in [2.05, 4.69) is 5.32 Å². The van der Waals surface area contributed by atoms with Gasteiger partial charge in [-0.05, 0) is 51.1 Å². The van der Waals surface area contributed by atoms with Gasteiger partial charge in [0.25, 0.3) is 5.91 Å². The zero-order chi connectivity index (χ0) is 15.2. The summed E-state index contributed by atoms with van der Waals surface area (Å²) in [7, 11) is 3.54. The van der Waals surface area contributed by atoms with E-state index in [1.165, 1.54) is 0 Å². The molecule has 2 atom stereocenters. The summed E-state index contributed by atoms with van der Waals surface area (Å²) in [5.41, 5.74) is 0. The number of ether oxygens (including phenoxy) is 2. The molecule has 1 aromatic carbocycles. The monoisotopic (exact) mass is 328 g/mol. The predicted molar refractivity (Wildman–Crippen MR) is 89.0 cm³/mol. The number of carbonyl (C=O) groups excluding carboxylic acids is 1. The number of rotatable bonds is 6. The van der Waals surface area contributed by atoms with Gasteiger partial charge in [0.1, 0.15) is 11.5 Å². The molecule has 0 radical (unpaired) electrons. The number of benzene rings is 1. The van der Waals surface area contributed by atoms with Gasteiger partial charge in [-0.15, -0.1) is 12.4 Å². The quantitative estimate of drug-likeness (QED) is 0.869. The fourth-order valence-electron chi connectivity index (χ4n) is 2.72. The fourth-order valence-corrected chi connectivity index (χ4v) is 2.72. The maximum atomic E-state index is 12.5. The minimum atomic E-state index is -0.476.